The summed E-state index contributed by atoms with van der Waals surface area (Å²) in [7, 11) is 0. The molecule has 6 aromatic carbocycles. The van der Waals surface area contributed by atoms with E-state index >= 15 is 0 Å². The van der Waals surface area contributed by atoms with Crippen molar-refractivity contribution >= 4 is 43.6 Å². The summed E-state index contributed by atoms with van der Waals surface area (Å²) in [6.07, 6.45) is 0. The van der Waals surface area contributed by atoms with Gasteiger partial charge in [0.15, 0.2) is 0 Å². The van der Waals surface area contributed by atoms with Gasteiger partial charge in [0.25, 0.3) is 0 Å². The van der Waals surface area contributed by atoms with Gasteiger partial charge in [-0.15, -0.1) is 0 Å². The molecule has 0 spiro atoms. The van der Waals surface area contributed by atoms with E-state index < -0.39 is 0 Å². The van der Waals surface area contributed by atoms with E-state index in [-0.39, 0.29) is 10.8 Å². The Kier molecular flexibility index (Phi) is 5.00. The molecule has 0 bridgehead atoms. The fourth-order valence-corrected chi connectivity index (χ4v) is 10.0. The minimum Gasteiger partial charge on any atom is -0.309 e. The number of benzene rings is 6. The van der Waals surface area contributed by atoms with Crippen LogP contribution in [0.4, 0.5) is 0 Å². The summed E-state index contributed by atoms with van der Waals surface area (Å²) < 4.78 is 4.93. The molecule has 46 heavy (non-hydrogen) atoms. The molecule has 2 heteroatoms. The minimum atomic E-state index is 0.00426. The van der Waals surface area contributed by atoms with Crippen LogP contribution in [-0.2, 0) is 10.8 Å². The second kappa shape index (κ2) is 8.79. The van der Waals surface area contributed by atoms with Crippen molar-refractivity contribution in [1.29, 1.82) is 0 Å². The lowest BCUT2D eigenvalue weighted by atomic mass is 9.65. The third kappa shape index (κ3) is 3.17. The average Bonchev–Trinajstić information content (AvgIpc) is 3.74. The highest BCUT2D eigenvalue weighted by molar-refractivity contribution is 6.10. The number of nitrogens with zero attached hydrogens (tertiary/aromatic N) is 2. The largest absolute Gasteiger partial charge is 0.309 e. The smallest absolute Gasteiger partial charge is 0.0541 e. The number of hydrogen-bond acceptors (Lipinski definition) is 0. The Morgan fingerprint density at radius 3 is 1.09 bits per heavy atom. The van der Waals surface area contributed by atoms with Crippen molar-refractivity contribution in [1.82, 2.24) is 9.13 Å². The lowest BCUT2D eigenvalue weighted by Crippen LogP contribution is -2.37. The average molecular weight is 593 g/mol. The first-order valence-electron chi connectivity index (χ1n) is 16.6. The fraction of sp³-hybridized carbons (Fsp3) is 0.182. The molecule has 10 rings (SSSR count). The van der Waals surface area contributed by atoms with Crippen molar-refractivity contribution in [2.75, 3.05) is 0 Å². The van der Waals surface area contributed by atoms with Crippen LogP contribution in [0.5, 0.6) is 0 Å². The van der Waals surface area contributed by atoms with E-state index in [1.54, 1.807) is 0 Å². The molecule has 0 atom stereocenters. The van der Waals surface area contributed by atoms with Gasteiger partial charge in [0, 0.05) is 38.8 Å². The zero-order chi connectivity index (χ0) is 30.9. The molecular formula is C44H36N2. The van der Waals surface area contributed by atoms with E-state index in [0.717, 1.165) is 0 Å². The molecule has 0 amide bonds. The highest BCUT2D eigenvalue weighted by atomic mass is 15.0. The molecule has 0 saturated heterocycles. The maximum Gasteiger partial charge on any atom is 0.0541 e. The normalized spacial score (nSPS) is 19.2. The van der Waals surface area contributed by atoms with Gasteiger partial charge < -0.3 is 9.13 Å². The molecule has 2 heterocycles. The molecule has 222 valence electrons. The molecule has 8 aromatic rings. The van der Waals surface area contributed by atoms with Gasteiger partial charge in [-0.05, 0) is 87.5 Å². The predicted molar refractivity (Wildman–Crippen MR) is 193 cm³/mol. The lowest BCUT2D eigenvalue weighted by molar-refractivity contribution is 0.227. The molecule has 2 aliphatic carbocycles. The van der Waals surface area contributed by atoms with Crippen molar-refractivity contribution in [2.24, 2.45) is 5.92 Å². The number of hydrogen-bond donors (Lipinski definition) is 0. The first-order valence-corrected chi connectivity index (χ1v) is 16.6. The van der Waals surface area contributed by atoms with Crippen molar-refractivity contribution < 1.29 is 0 Å². The maximum absolute atomic E-state index is 2.51. The van der Waals surface area contributed by atoms with Crippen LogP contribution in [-0.4, -0.2) is 9.13 Å². The Bertz CT molecular complexity index is 2270. The maximum atomic E-state index is 2.51. The van der Waals surface area contributed by atoms with Crippen LogP contribution in [0.2, 0.25) is 0 Å². The van der Waals surface area contributed by atoms with Crippen molar-refractivity contribution in [3.8, 4) is 11.4 Å². The molecule has 0 unspecified atom stereocenters. The van der Waals surface area contributed by atoms with Gasteiger partial charge >= 0.3 is 0 Å². The van der Waals surface area contributed by atoms with Crippen molar-refractivity contribution in [3.05, 3.63) is 156 Å². The summed E-state index contributed by atoms with van der Waals surface area (Å²) >= 11 is 0. The second-order valence-electron chi connectivity index (χ2n) is 14.7. The van der Waals surface area contributed by atoms with Crippen LogP contribution >= 0.6 is 0 Å². The topological polar surface area (TPSA) is 9.86 Å². The van der Waals surface area contributed by atoms with Crippen LogP contribution in [0, 0.1) is 5.92 Å². The number of rotatable bonds is 2. The molecule has 0 radical (unpaired) electrons. The highest BCUT2D eigenvalue weighted by Crippen LogP contribution is 2.65. The van der Waals surface area contributed by atoms with Crippen LogP contribution < -0.4 is 0 Å². The monoisotopic (exact) mass is 592 g/mol. The van der Waals surface area contributed by atoms with E-state index in [1.807, 2.05) is 0 Å². The van der Waals surface area contributed by atoms with Gasteiger partial charge in [-0.1, -0.05) is 113 Å². The molecule has 2 aliphatic rings. The van der Waals surface area contributed by atoms with E-state index in [4.69, 9.17) is 0 Å². The number of aromatic nitrogens is 2. The van der Waals surface area contributed by atoms with Gasteiger partial charge in [0.2, 0.25) is 0 Å². The van der Waals surface area contributed by atoms with E-state index in [1.165, 1.54) is 77.2 Å². The van der Waals surface area contributed by atoms with Crippen LogP contribution in [0.25, 0.3) is 55.0 Å². The van der Waals surface area contributed by atoms with Gasteiger partial charge in [0.1, 0.15) is 0 Å². The molecule has 0 saturated carbocycles. The summed E-state index contributed by atoms with van der Waals surface area (Å²) in [6.45, 7) is 9.97. The summed E-state index contributed by atoms with van der Waals surface area (Å²) in [5.74, 6) is 0.848. The molecule has 0 N–H and O–H groups in total. The van der Waals surface area contributed by atoms with Crippen LogP contribution in [0.15, 0.2) is 133 Å². The number of para-hydroxylation sites is 4. The summed E-state index contributed by atoms with van der Waals surface area (Å²) in [5, 5.41) is 5.24. The quantitative estimate of drug-likeness (QED) is 0.189. The molecule has 0 aliphatic heterocycles. The summed E-state index contributed by atoms with van der Waals surface area (Å²) in [6, 6.07) is 50.0. The zero-order valence-corrected chi connectivity index (χ0v) is 26.8. The standard InChI is InChI=1S/C44H36N2/c1-43(2)35-25-27(45-37-17-9-5-13-29(37)30-14-6-10-18-38(30)45)21-23-33(35)41-34-24-22-28(26-36(34)44(3,4)42(41)43)46-39-19-11-7-15-31(39)32-16-8-12-20-40(32)46/h5-26,41-42H,1-4H3. The van der Waals surface area contributed by atoms with E-state index in [2.05, 4.69) is 170 Å². The Morgan fingerprint density at radius 2 is 0.739 bits per heavy atom. The Labute approximate surface area is 269 Å². The first kappa shape index (κ1) is 26.2. The predicted octanol–water partition coefficient (Wildman–Crippen LogP) is 11.2. The molecular weight excluding hydrogens is 556 g/mol. The van der Waals surface area contributed by atoms with Gasteiger partial charge in [-0.25, -0.2) is 0 Å². The van der Waals surface area contributed by atoms with Crippen molar-refractivity contribution in [2.45, 2.75) is 44.4 Å². The Balaban J connectivity index is 1.16. The molecule has 2 aromatic heterocycles. The van der Waals surface area contributed by atoms with Gasteiger partial charge in [-0.2, -0.15) is 0 Å². The summed E-state index contributed by atoms with van der Waals surface area (Å²) in [4.78, 5) is 0. The third-order valence-electron chi connectivity index (χ3n) is 11.7. The van der Waals surface area contributed by atoms with Gasteiger partial charge in [-0.3, -0.25) is 0 Å². The van der Waals surface area contributed by atoms with Crippen LogP contribution in [0.3, 0.4) is 0 Å². The number of fused-ring (bicyclic) bond motifs is 11. The third-order valence-corrected chi connectivity index (χ3v) is 11.7. The second-order valence-corrected chi connectivity index (χ2v) is 14.7. The minimum absolute atomic E-state index is 0.00426. The fourth-order valence-electron chi connectivity index (χ4n) is 10.0. The van der Waals surface area contributed by atoms with E-state index in [9.17, 15) is 0 Å². The SMILES string of the molecule is CC1(C)c2cc(-n3c4ccccc4c4ccccc43)ccc2C2c3ccc(-n4c5ccccc5c5ccccc54)cc3C(C)(C)C21. The van der Waals surface area contributed by atoms with Crippen molar-refractivity contribution in [3.63, 3.8) is 0 Å². The Hall–Kier alpha value is -5.08. The first-order chi connectivity index (χ1) is 22.4. The lowest BCUT2D eigenvalue weighted by Gasteiger charge is -2.38. The van der Waals surface area contributed by atoms with Crippen LogP contribution in [0.1, 0.15) is 55.9 Å². The Morgan fingerprint density at radius 1 is 0.413 bits per heavy atom. The molecule has 0 fully saturated rings. The molecule has 2 nitrogen and oxygen atoms in total. The highest BCUT2D eigenvalue weighted by Gasteiger charge is 2.58. The van der Waals surface area contributed by atoms with E-state index in [0.29, 0.717) is 11.8 Å². The summed E-state index contributed by atoms with van der Waals surface area (Å²) in [5.41, 5.74) is 13.6. The van der Waals surface area contributed by atoms with Gasteiger partial charge in [0.05, 0.1) is 22.1 Å². The zero-order valence-electron chi connectivity index (χ0n) is 26.8.